The van der Waals surface area contributed by atoms with Gasteiger partial charge in [0.05, 0.1) is 13.2 Å². The van der Waals surface area contributed by atoms with E-state index in [4.69, 9.17) is 4.74 Å². The van der Waals surface area contributed by atoms with E-state index in [-0.39, 0.29) is 11.9 Å². The summed E-state index contributed by atoms with van der Waals surface area (Å²) in [6.45, 7) is 4.74. The van der Waals surface area contributed by atoms with Crippen molar-refractivity contribution >= 4 is 5.91 Å². The van der Waals surface area contributed by atoms with Gasteiger partial charge in [0.2, 0.25) is 0 Å². The molecule has 1 amide bonds. The van der Waals surface area contributed by atoms with Crippen molar-refractivity contribution in [2.24, 2.45) is 0 Å². The molecule has 0 saturated carbocycles. The minimum Gasteiger partial charge on any atom is -0.497 e. The molecule has 1 aliphatic heterocycles. The van der Waals surface area contributed by atoms with Crippen LogP contribution >= 0.6 is 0 Å². The number of likely N-dealkylation sites (tertiary alicyclic amines) is 1. The lowest BCUT2D eigenvalue weighted by Crippen LogP contribution is -2.40. The Kier molecular flexibility index (Phi) is 6.29. The number of aryl methyl sites for hydroxylation is 1. The summed E-state index contributed by atoms with van der Waals surface area (Å²) in [7, 11) is 1.69. The fourth-order valence-corrected chi connectivity index (χ4v) is 3.61. The summed E-state index contributed by atoms with van der Waals surface area (Å²) in [5.74, 6) is 0.841. The molecule has 3 rings (SSSR count). The first-order valence-corrected chi connectivity index (χ1v) is 9.40. The maximum atomic E-state index is 12.6. The molecule has 0 bridgehead atoms. The first-order valence-electron chi connectivity index (χ1n) is 9.40. The summed E-state index contributed by atoms with van der Waals surface area (Å²) in [6.07, 6.45) is 3.72. The van der Waals surface area contributed by atoms with Crippen LogP contribution in [0.3, 0.4) is 0 Å². The first-order chi connectivity index (χ1) is 12.7. The summed E-state index contributed by atoms with van der Waals surface area (Å²) >= 11 is 0. The second-order valence-electron chi connectivity index (χ2n) is 6.97. The minimum absolute atomic E-state index is 0.0152. The number of hydrogen-bond acceptors (Lipinski definition) is 3. The molecule has 2 aromatic carbocycles. The number of hydrogen-bond donors (Lipinski definition) is 1. The fourth-order valence-electron chi connectivity index (χ4n) is 3.61. The number of rotatable bonds is 6. The van der Waals surface area contributed by atoms with Crippen LogP contribution in [-0.2, 0) is 0 Å². The van der Waals surface area contributed by atoms with Crippen molar-refractivity contribution < 1.29 is 9.53 Å². The Balaban J connectivity index is 1.75. The normalized spacial score (nSPS) is 16.1. The highest BCUT2D eigenvalue weighted by molar-refractivity contribution is 5.94. The van der Waals surface area contributed by atoms with E-state index in [2.05, 4.69) is 22.3 Å². The number of carbonyl (C=O) groups is 1. The van der Waals surface area contributed by atoms with E-state index in [9.17, 15) is 4.79 Å². The van der Waals surface area contributed by atoms with Gasteiger partial charge in [-0.2, -0.15) is 0 Å². The van der Waals surface area contributed by atoms with Gasteiger partial charge in [0.15, 0.2) is 0 Å². The quantitative estimate of drug-likeness (QED) is 0.855. The van der Waals surface area contributed by atoms with E-state index in [1.165, 1.54) is 24.8 Å². The minimum atomic E-state index is -0.0152. The van der Waals surface area contributed by atoms with Gasteiger partial charge in [-0.15, -0.1) is 0 Å². The van der Waals surface area contributed by atoms with E-state index in [0.717, 1.165) is 24.4 Å². The Morgan fingerprint density at radius 1 is 1.12 bits per heavy atom. The predicted octanol–water partition coefficient (Wildman–Crippen LogP) is 3.96. The van der Waals surface area contributed by atoms with Gasteiger partial charge in [-0.05, 0) is 62.7 Å². The summed E-state index contributed by atoms with van der Waals surface area (Å²) in [5, 5.41) is 3.14. The molecular formula is C22H28N2O2. The number of amides is 1. The van der Waals surface area contributed by atoms with Gasteiger partial charge in [-0.3, -0.25) is 9.69 Å². The van der Waals surface area contributed by atoms with Gasteiger partial charge in [-0.1, -0.05) is 36.2 Å². The van der Waals surface area contributed by atoms with Crippen LogP contribution in [0.1, 0.15) is 46.8 Å². The molecule has 1 N–H and O–H groups in total. The van der Waals surface area contributed by atoms with Crippen LogP contribution < -0.4 is 10.1 Å². The molecule has 1 unspecified atom stereocenters. The molecule has 2 aromatic rings. The molecule has 0 aromatic heterocycles. The molecule has 1 heterocycles. The van der Waals surface area contributed by atoms with Crippen molar-refractivity contribution in [2.75, 3.05) is 26.7 Å². The van der Waals surface area contributed by atoms with Crippen molar-refractivity contribution in [3.8, 4) is 5.75 Å². The van der Waals surface area contributed by atoms with Crippen LogP contribution in [0.15, 0.2) is 48.5 Å². The molecule has 4 nitrogen and oxygen atoms in total. The lowest BCUT2D eigenvalue weighted by Gasteiger charge is -2.35. The van der Waals surface area contributed by atoms with E-state index in [1.54, 1.807) is 7.11 Å². The van der Waals surface area contributed by atoms with Gasteiger partial charge in [0, 0.05) is 12.1 Å². The summed E-state index contributed by atoms with van der Waals surface area (Å²) < 4.78 is 5.39. The van der Waals surface area contributed by atoms with Crippen LogP contribution in [0.2, 0.25) is 0 Å². The van der Waals surface area contributed by atoms with Crippen molar-refractivity contribution in [1.29, 1.82) is 0 Å². The first kappa shape index (κ1) is 18.5. The third-order valence-electron chi connectivity index (χ3n) is 5.05. The van der Waals surface area contributed by atoms with Gasteiger partial charge >= 0.3 is 0 Å². The summed E-state index contributed by atoms with van der Waals surface area (Å²) in [6, 6.07) is 16.1. The molecule has 0 aliphatic carbocycles. The Morgan fingerprint density at radius 3 is 2.62 bits per heavy atom. The maximum absolute atomic E-state index is 12.6. The zero-order valence-corrected chi connectivity index (χ0v) is 15.7. The van der Waals surface area contributed by atoms with E-state index in [1.807, 2.05) is 43.3 Å². The number of methoxy groups -OCH3 is 1. The molecule has 26 heavy (non-hydrogen) atoms. The van der Waals surface area contributed by atoms with Gasteiger partial charge in [0.1, 0.15) is 5.75 Å². The number of nitrogens with zero attached hydrogens (tertiary/aromatic N) is 1. The highest BCUT2D eigenvalue weighted by atomic mass is 16.5. The third-order valence-corrected chi connectivity index (χ3v) is 5.05. The molecule has 1 fully saturated rings. The smallest absolute Gasteiger partial charge is 0.251 e. The van der Waals surface area contributed by atoms with Crippen molar-refractivity contribution in [3.63, 3.8) is 0 Å². The number of nitrogens with one attached hydrogen (secondary N) is 1. The van der Waals surface area contributed by atoms with Crippen LogP contribution in [-0.4, -0.2) is 37.6 Å². The molecule has 4 heteroatoms. The van der Waals surface area contributed by atoms with E-state index < -0.39 is 0 Å². The van der Waals surface area contributed by atoms with E-state index in [0.29, 0.717) is 12.1 Å². The standard InChI is InChI=1S/C22H28N2O2/c1-17-8-6-10-19(14-17)22(25)23-16-21(24-12-4-3-5-13-24)18-9-7-11-20(15-18)26-2/h6-11,14-15,21H,3-5,12-13,16H2,1-2H3,(H,23,25). The monoisotopic (exact) mass is 352 g/mol. The Hall–Kier alpha value is -2.33. The van der Waals surface area contributed by atoms with Crippen molar-refractivity contribution in [1.82, 2.24) is 10.2 Å². The second-order valence-corrected chi connectivity index (χ2v) is 6.97. The van der Waals surface area contributed by atoms with Crippen LogP contribution in [0, 0.1) is 6.92 Å². The zero-order valence-electron chi connectivity index (χ0n) is 15.7. The molecule has 138 valence electrons. The molecular weight excluding hydrogens is 324 g/mol. The summed E-state index contributed by atoms with van der Waals surface area (Å²) in [4.78, 5) is 15.1. The lowest BCUT2D eigenvalue weighted by atomic mass is 10.0. The Labute approximate surface area is 156 Å². The largest absolute Gasteiger partial charge is 0.497 e. The van der Waals surface area contributed by atoms with Crippen LogP contribution in [0.4, 0.5) is 0 Å². The molecule has 0 radical (unpaired) electrons. The van der Waals surface area contributed by atoms with Gasteiger partial charge in [-0.25, -0.2) is 0 Å². The van der Waals surface area contributed by atoms with Crippen LogP contribution in [0.25, 0.3) is 0 Å². The van der Waals surface area contributed by atoms with Gasteiger partial charge < -0.3 is 10.1 Å². The number of benzene rings is 2. The highest BCUT2D eigenvalue weighted by Crippen LogP contribution is 2.26. The number of piperidine rings is 1. The Morgan fingerprint density at radius 2 is 1.88 bits per heavy atom. The highest BCUT2D eigenvalue weighted by Gasteiger charge is 2.23. The predicted molar refractivity (Wildman–Crippen MR) is 105 cm³/mol. The maximum Gasteiger partial charge on any atom is 0.251 e. The molecule has 1 aliphatic rings. The molecule has 1 atom stereocenters. The third kappa shape index (κ3) is 4.64. The van der Waals surface area contributed by atoms with E-state index >= 15 is 0 Å². The Bertz CT molecular complexity index is 738. The van der Waals surface area contributed by atoms with Crippen molar-refractivity contribution in [2.45, 2.75) is 32.2 Å². The number of ether oxygens (including phenoxy) is 1. The molecule has 1 saturated heterocycles. The second kappa shape index (κ2) is 8.86. The van der Waals surface area contributed by atoms with Crippen molar-refractivity contribution in [3.05, 3.63) is 65.2 Å². The average molecular weight is 352 g/mol. The molecule has 0 spiro atoms. The zero-order chi connectivity index (χ0) is 18.4. The van der Waals surface area contributed by atoms with Crippen LogP contribution in [0.5, 0.6) is 5.75 Å². The number of carbonyl (C=O) groups excluding carboxylic acids is 1. The fraction of sp³-hybridized carbons (Fsp3) is 0.409. The van der Waals surface area contributed by atoms with Gasteiger partial charge in [0.25, 0.3) is 5.91 Å². The SMILES string of the molecule is COc1cccc(C(CNC(=O)c2cccc(C)c2)N2CCCCC2)c1. The topological polar surface area (TPSA) is 41.6 Å². The summed E-state index contributed by atoms with van der Waals surface area (Å²) in [5.41, 5.74) is 3.00. The lowest BCUT2D eigenvalue weighted by molar-refractivity contribution is 0.0924. The average Bonchev–Trinajstić information content (AvgIpc) is 2.69.